The lowest BCUT2D eigenvalue weighted by molar-refractivity contribution is -0.137. The van der Waals surface area contributed by atoms with Gasteiger partial charge in [-0.15, -0.1) is 0 Å². The van der Waals surface area contributed by atoms with E-state index >= 15 is 0 Å². The minimum absolute atomic E-state index is 0.248. The van der Waals surface area contributed by atoms with Crippen molar-refractivity contribution in [3.05, 3.63) is 76.4 Å². The van der Waals surface area contributed by atoms with E-state index in [-0.39, 0.29) is 10.9 Å². The lowest BCUT2D eigenvalue weighted by Gasteiger charge is -2.31. The van der Waals surface area contributed by atoms with Gasteiger partial charge >= 0.3 is 6.18 Å². The van der Waals surface area contributed by atoms with Crippen molar-refractivity contribution in [2.45, 2.75) is 26.1 Å². The van der Waals surface area contributed by atoms with Crippen LogP contribution in [0.25, 0.3) is 5.70 Å². The maximum atomic E-state index is 13.1. The molecule has 0 unspecified atom stereocenters. The van der Waals surface area contributed by atoms with Crippen LogP contribution in [0.4, 0.5) is 13.2 Å². The summed E-state index contributed by atoms with van der Waals surface area (Å²) in [4.78, 5) is 12.4. The standard InChI is InChI=1S/C20H17F3N2OS/c1-11-6-8-13(9-7-11)17-16(12(2)26)18(25-19(27)24-17)14-4-3-5-15(10-14)20(21,22)23/h3-10,18H,1-2H3,(H2,24,25,27)/t18-/m0/s1. The Bertz CT molecular complexity index is 933. The molecule has 1 aliphatic heterocycles. The van der Waals surface area contributed by atoms with E-state index in [1.165, 1.54) is 13.0 Å². The topological polar surface area (TPSA) is 41.1 Å². The molecule has 1 atom stereocenters. The van der Waals surface area contributed by atoms with Gasteiger partial charge in [-0.25, -0.2) is 0 Å². The van der Waals surface area contributed by atoms with Crippen molar-refractivity contribution in [3.63, 3.8) is 0 Å². The average molecular weight is 390 g/mol. The molecule has 0 spiro atoms. The van der Waals surface area contributed by atoms with Crippen molar-refractivity contribution in [2.24, 2.45) is 0 Å². The fourth-order valence-electron chi connectivity index (χ4n) is 3.04. The Kier molecular flexibility index (Phi) is 5.06. The van der Waals surface area contributed by atoms with Crippen LogP contribution in [0.2, 0.25) is 0 Å². The molecule has 0 aromatic heterocycles. The van der Waals surface area contributed by atoms with Gasteiger partial charge in [-0.2, -0.15) is 13.2 Å². The van der Waals surface area contributed by atoms with Gasteiger partial charge in [-0.3, -0.25) is 4.79 Å². The third-order valence-electron chi connectivity index (χ3n) is 4.34. The number of alkyl halides is 3. The summed E-state index contributed by atoms with van der Waals surface area (Å²) in [6, 6.07) is 11.6. The molecule has 0 radical (unpaired) electrons. The first-order chi connectivity index (χ1) is 12.7. The third kappa shape index (κ3) is 4.03. The summed E-state index contributed by atoms with van der Waals surface area (Å²) in [5, 5.41) is 6.16. The van der Waals surface area contributed by atoms with Gasteiger partial charge in [0, 0.05) is 5.57 Å². The lowest BCUT2D eigenvalue weighted by Crippen LogP contribution is -2.44. The molecule has 3 nitrogen and oxygen atoms in total. The van der Waals surface area contributed by atoms with Crippen LogP contribution in [0.1, 0.15) is 35.2 Å². The summed E-state index contributed by atoms with van der Waals surface area (Å²) in [5.74, 6) is -0.254. The zero-order chi connectivity index (χ0) is 19.8. The van der Waals surface area contributed by atoms with E-state index in [4.69, 9.17) is 12.2 Å². The first-order valence-electron chi connectivity index (χ1n) is 8.23. The number of aryl methyl sites for hydroxylation is 1. The summed E-state index contributed by atoms with van der Waals surface area (Å²) >= 11 is 5.24. The molecule has 1 aliphatic rings. The average Bonchev–Trinajstić information content (AvgIpc) is 2.60. The number of nitrogens with one attached hydrogen (secondary N) is 2. The number of Topliss-reactive ketones (excluding diaryl/α,β-unsaturated/α-hetero) is 1. The molecule has 3 rings (SSSR count). The van der Waals surface area contributed by atoms with Crippen molar-refractivity contribution in [3.8, 4) is 0 Å². The highest BCUT2D eigenvalue weighted by Gasteiger charge is 2.34. The number of hydrogen-bond donors (Lipinski definition) is 2. The van der Waals surface area contributed by atoms with E-state index in [9.17, 15) is 18.0 Å². The Hall–Kier alpha value is -2.67. The monoisotopic (exact) mass is 390 g/mol. The molecule has 0 amide bonds. The minimum atomic E-state index is -4.47. The zero-order valence-corrected chi connectivity index (χ0v) is 15.5. The Morgan fingerprint density at radius 1 is 1.11 bits per heavy atom. The van der Waals surface area contributed by atoms with E-state index in [0.29, 0.717) is 16.8 Å². The highest BCUT2D eigenvalue weighted by Crippen LogP contribution is 2.35. The van der Waals surface area contributed by atoms with E-state index in [0.717, 1.165) is 23.3 Å². The normalized spacial score (nSPS) is 17.4. The second kappa shape index (κ2) is 7.15. The van der Waals surface area contributed by atoms with Crippen LogP contribution in [-0.2, 0) is 11.0 Å². The van der Waals surface area contributed by atoms with Crippen molar-refractivity contribution in [1.29, 1.82) is 0 Å². The van der Waals surface area contributed by atoms with Gasteiger partial charge in [0.15, 0.2) is 10.9 Å². The maximum absolute atomic E-state index is 13.1. The van der Waals surface area contributed by atoms with Gasteiger partial charge in [-0.05, 0) is 49.3 Å². The minimum Gasteiger partial charge on any atom is -0.351 e. The number of rotatable bonds is 3. The van der Waals surface area contributed by atoms with Gasteiger partial charge in [0.25, 0.3) is 0 Å². The first-order valence-corrected chi connectivity index (χ1v) is 8.64. The molecular weight excluding hydrogens is 373 g/mol. The Balaban J connectivity index is 2.16. The number of hydrogen-bond acceptors (Lipinski definition) is 2. The summed E-state index contributed by atoms with van der Waals surface area (Å²) in [6.45, 7) is 3.33. The molecular formula is C20H17F3N2OS. The first kappa shape index (κ1) is 19.1. The second-order valence-electron chi connectivity index (χ2n) is 6.37. The fourth-order valence-corrected chi connectivity index (χ4v) is 3.26. The van der Waals surface area contributed by atoms with E-state index in [1.807, 2.05) is 31.2 Å². The van der Waals surface area contributed by atoms with Crippen molar-refractivity contribution in [1.82, 2.24) is 10.6 Å². The summed E-state index contributed by atoms with van der Waals surface area (Å²) in [7, 11) is 0. The molecule has 0 fully saturated rings. The van der Waals surface area contributed by atoms with E-state index in [2.05, 4.69) is 10.6 Å². The molecule has 0 bridgehead atoms. The van der Waals surface area contributed by atoms with Gasteiger partial charge in [0.1, 0.15) is 0 Å². The number of ketones is 1. The number of carbonyl (C=O) groups excluding carboxylic acids is 1. The number of thiocarbonyl (C=S) groups is 1. The van der Waals surface area contributed by atoms with Crippen LogP contribution < -0.4 is 10.6 Å². The third-order valence-corrected chi connectivity index (χ3v) is 4.56. The van der Waals surface area contributed by atoms with Crippen molar-refractivity contribution < 1.29 is 18.0 Å². The predicted octanol–water partition coefficient (Wildman–Crippen LogP) is 4.53. The lowest BCUT2D eigenvalue weighted by atomic mass is 9.89. The van der Waals surface area contributed by atoms with Gasteiger partial charge in [0.05, 0.1) is 17.3 Å². The molecule has 0 saturated carbocycles. The smallest absolute Gasteiger partial charge is 0.351 e. The molecule has 2 aromatic carbocycles. The molecule has 1 heterocycles. The molecule has 27 heavy (non-hydrogen) atoms. The van der Waals surface area contributed by atoms with Crippen LogP contribution in [0, 0.1) is 6.92 Å². The van der Waals surface area contributed by atoms with Gasteiger partial charge in [0.2, 0.25) is 0 Å². The Morgan fingerprint density at radius 3 is 2.37 bits per heavy atom. The summed E-state index contributed by atoms with van der Waals surface area (Å²) < 4.78 is 39.3. The number of carbonyl (C=O) groups is 1. The summed E-state index contributed by atoms with van der Waals surface area (Å²) in [6.07, 6.45) is -4.47. The fraction of sp³-hybridized carbons (Fsp3) is 0.200. The molecule has 140 valence electrons. The molecule has 0 saturated heterocycles. The second-order valence-corrected chi connectivity index (χ2v) is 6.77. The largest absolute Gasteiger partial charge is 0.416 e. The Morgan fingerprint density at radius 2 is 1.78 bits per heavy atom. The van der Waals surface area contributed by atoms with Crippen molar-refractivity contribution in [2.75, 3.05) is 0 Å². The van der Waals surface area contributed by atoms with Crippen LogP contribution in [-0.4, -0.2) is 10.9 Å². The van der Waals surface area contributed by atoms with E-state index in [1.54, 1.807) is 6.07 Å². The van der Waals surface area contributed by atoms with Crippen LogP contribution in [0.15, 0.2) is 54.1 Å². The number of benzene rings is 2. The molecule has 7 heteroatoms. The van der Waals surface area contributed by atoms with Crippen LogP contribution >= 0.6 is 12.2 Å². The summed E-state index contributed by atoms with van der Waals surface area (Å²) in [5.41, 5.74) is 2.19. The van der Waals surface area contributed by atoms with Crippen LogP contribution in [0.3, 0.4) is 0 Å². The SMILES string of the molecule is CC(=O)C1=C(c2ccc(C)cc2)NC(=S)N[C@H]1c1cccc(C(F)(F)F)c1. The van der Waals surface area contributed by atoms with Crippen molar-refractivity contribution >= 4 is 28.8 Å². The highest BCUT2D eigenvalue weighted by atomic mass is 32.1. The molecule has 2 N–H and O–H groups in total. The quantitative estimate of drug-likeness (QED) is 0.756. The Labute approximate surface area is 160 Å². The number of halogens is 3. The predicted molar refractivity (Wildman–Crippen MR) is 102 cm³/mol. The van der Waals surface area contributed by atoms with Crippen LogP contribution in [0.5, 0.6) is 0 Å². The highest BCUT2D eigenvalue weighted by molar-refractivity contribution is 7.80. The molecule has 2 aromatic rings. The molecule has 0 aliphatic carbocycles. The van der Waals surface area contributed by atoms with Gasteiger partial charge < -0.3 is 10.6 Å². The zero-order valence-electron chi connectivity index (χ0n) is 14.6. The van der Waals surface area contributed by atoms with Gasteiger partial charge in [-0.1, -0.05) is 42.0 Å². The van der Waals surface area contributed by atoms with E-state index < -0.39 is 17.8 Å². The maximum Gasteiger partial charge on any atom is 0.416 e.